The van der Waals surface area contributed by atoms with E-state index in [1.54, 1.807) is 0 Å². The monoisotopic (exact) mass is 623 g/mol. The highest BCUT2D eigenvalue weighted by Crippen LogP contribution is 2.36. The number of benzene rings is 3. The number of halogens is 1. The van der Waals surface area contributed by atoms with Crippen LogP contribution in [0.4, 0.5) is 0 Å². The van der Waals surface area contributed by atoms with Crippen LogP contribution in [-0.4, -0.2) is 35.8 Å². The van der Waals surface area contributed by atoms with E-state index in [4.69, 9.17) is 18.9 Å². The van der Waals surface area contributed by atoms with Crippen LogP contribution in [0.1, 0.15) is 33.4 Å². The molecule has 4 aromatic rings. The van der Waals surface area contributed by atoms with Gasteiger partial charge in [-0.15, -0.1) is 0 Å². The molecule has 3 aromatic carbocycles. The van der Waals surface area contributed by atoms with Gasteiger partial charge in [-0.2, -0.15) is 0 Å². The Labute approximate surface area is 236 Å². The van der Waals surface area contributed by atoms with Crippen LogP contribution in [0.5, 0.6) is 0 Å². The summed E-state index contributed by atoms with van der Waals surface area (Å²) in [6, 6.07) is 31.9. The van der Waals surface area contributed by atoms with Crippen molar-refractivity contribution in [2.75, 3.05) is 6.61 Å². The fourth-order valence-electron chi connectivity index (χ4n) is 4.62. The topological polar surface area (TPSA) is 58.9 Å². The van der Waals surface area contributed by atoms with Crippen LogP contribution in [0, 0.1) is 3.57 Å². The first kappa shape index (κ1) is 26.8. The average molecular weight is 623 g/mol. The molecule has 0 N–H and O–H groups in total. The average Bonchev–Trinajstić information content (AvgIpc) is 3.51. The highest BCUT2D eigenvalue weighted by atomic mass is 127. The van der Waals surface area contributed by atoms with Gasteiger partial charge in [0.15, 0.2) is 12.5 Å². The van der Waals surface area contributed by atoms with Gasteiger partial charge in [0.05, 0.1) is 32.1 Å². The molecule has 5 rings (SSSR count). The number of ether oxygens (including phenoxy) is 4. The Morgan fingerprint density at radius 1 is 0.763 bits per heavy atom. The number of carbonyl (C=O) groups is 1. The molecule has 1 aliphatic rings. The lowest BCUT2D eigenvalue weighted by Gasteiger charge is -2.26. The molecule has 38 heavy (non-hydrogen) atoms. The van der Waals surface area contributed by atoms with Gasteiger partial charge in [0.25, 0.3) is 0 Å². The van der Waals surface area contributed by atoms with Crippen LogP contribution < -0.4 is 0 Å². The van der Waals surface area contributed by atoms with Crippen molar-refractivity contribution in [2.45, 2.75) is 44.4 Å². The predicted molar refractivity (Wildman–Crippen MR) is 153 cm³/mol. The lowest BCUT2D eigenvalue weighted by Crippen LogP contribution is -2.38. The van der Waals surface area contributed by atoms with Crippen molar-refractivity contribution in [2.24, 2.45) is 0 Å². The van der Waals surface area contributed by atoms with Crippen molar-refractivity contribution in [3.05, 3.63) is 129 Å². The normalized spacial score (nSPS) is 21.0. The van der Waals surface area contributed by atoms with Gasteiger partial charge < -0.3 is 23.5 Å². The van der Waals surface area contributed by atoms with E-state index in [-0.39, 0.29) is 0 Å². The molecule has 0 spiro atoms. The third kappa shape index (κ3) is 6.78. The zero-order valence-corrected chi connectivity index (χ0v) is 23.1. The van der Waals surface area contributed by atoms with Crippen molar-refractivity contribution < 1.29 is 23.7 Å². The van der Waals surface area contributed by atoms with Crippen molar-refractivity contribution >= 4 is 28.9 Å². The van der Waals surface area contributed by atoms with E-state index < -0.39 is 24.5 Å². The summed E-state index contributed by atoms with van der Waals surface area (Å²) in [5, 5.41) is 0. The van der Waals surface area contributed by atoms with Gasteiger partial charge in [-0.1, -0.05) is 91.0 Å². The van der Waals surface area contributed by atoms with Crippen LogP contribution in [-0.2, 0) is 38.8 Å². The minimum absolute atomic E-state index is 0.324. The van der Waals surface area contributed by atoms with Crippen LogP contribution >= 0.6 is 22.6 Å². The predicted octanol–water partition coefficient (Wildman–Crippen LogP) is 6.19. The minimum atomic E-state index is -0.548. The molecule has 0 saturated carbocycles. The highest BCUT2D eigenvalue weighted by Gasteiger charge is 2.48. The lowest BCUT2D eigenvalue weighted by atomic mass is 10.1. The zero-order chi connectivity index (χ0) is 26.2. The molecule has 6 nitrogen and oxygen atoms in total. The molecule has 2 heterocycles. The molecule has 0 radical (unpaired) electrons. The number of hydrogen-bond acceptors (Lipinski definition) is 5. The maximum Gasteiger partial charge on any atom is 0.166 e. The number of rotatable bonds is 12. The Morgan fingerprint density at radius 3 is 1.84 bits per heavy atom. The summed E-state index contributed by atoms with van der Waals surface area (Å²) in [4.78, 5) is 11.9. The molecule has 1 unspecified atom stereocenters. The Kier molecular flexibility index (Phi) is 9.37. The SMILES string of the molecule is O=Cc1cc(I)cn1C1O[C@H](COCc2ccccc2)[C@@H](OCc2ccccc2)[C@H]1OCc1ccccc1. The first-order valence-corrected chi connectivity index (χ1v) is 13.7. The summed E-state index contributed by atoms with van der Waals surface area (Å²) < 4.78 is 28.5. The summed E-state index contributed by atoms with van der Waals surface area (Å²) in [5.41, 5.74) is 3.73. The Morgan fingerprint density at radius 2 is 1.29 bits per heavy atom. The maximum atomic E-state index is 11.9. The number of nitrogens with zero attached hydrogens (tertiary/aromatic N) is 1. The van der Waals surface area contributed by atoms with E-state index in [2.05, 4.69) is 22.6 Å². The molecular formula is C31H30INO5. The number of aromatic nitrogens is 1. The third-order valence-electron chi connectivity index (χ3n) is 6.49. The third-order valence-corrected chi connectivity index (χ3v) is 7.08. The fourth-order valence-corrected chi connectivity index (χ4v) is 5.24. The van der Waals surface area contributed by atoms with E-state index in [0.29, 0.717) is 32.1 Å². The van der Waals surface area contributed by atoms with Crippen LogP contribution in [0.25, 0.3) is 0 Å². The van der Waals surface area contributed by atoms with E-state index in [1.807, 2.05) is 108 Å². The van der Waals surface area contributed by atoms with Gasteiger partial charge in [0.2, 0.25) is 0 Å². The molecule has 1 saturated heterocycles. The quantitative estimate of drug-likeness (QED) is 0.139. The lowest BCUT2D eigenvalue weighted by molar-refractivity contribution is -0.0917. The highest BCUT2D eigenvalue weighted by molar-refractivity contribution is 14.1. The first-order chi connectivity index (χ1) is 18.7. The Hall–Kier alpha value is -2.82. The Balaban J connectivity index is 1.40. The van der Waals surface area contributed by atoms with Crippen LogP contribution in [0.3, 0.4) is 0 Å². The second-order valence-electron chi connectivity index (χ2n) is 9.20. The second-order valence-corrected chi connectivity index (χ2v) is 10.4. The number of hydrogen-bond donors (Lipinski definition) is 0. The minimum Gasteiger partial charge on any atom is -0.374 e. The summed E-state index contributed by atoms with van der Waals surface area (Å²) >= 11 is 2.21. The van der Waals surface area contributed by atoms with Gasteiger partial charge in [-0.05, 0) is 45.3 Å². The van der Waals surface area contributed by atoms with Gasteiger partial charge in [-0.25, -0.2) is 0 Å². The number of aldehydes is 1. The van der Waals surface area contributed by atoms with Gasteiger partial charge in [-0.3, -0.25) is 4.79 Å². The van der Waals surface area contributed by atoms with Crippen LogP contribution in [0.2, 0.25) is 0 Å². The summed E-state index contributed by atoms with van der Waals surface area (Å²) in [6.07, 6.45) is 0.931. The Bertz CT molecular complexity index is 1280. The molecule has 196 valence electrons. The standard InChI is InChI=1S/C31H30INO5/c32-26-16-27(18-34)33(17-26)31-30(37-21-25-14-8-3-9-15-25)29(36-20-24-12-6-2-7-13-24)28(38-31)22-35-19-23-10-4-1-5-11-23/h1-18,28-31H,19-22H2/t28-,29-,30-,31?/m1/s1. The van der Waals surface area contributed by atoms with Crippen LogP contribution in [0.15, 0.2) is 103 Å². The molecule has 7 heteroatoms. The van der Waals surface area contributed by atoms with Gasteiger partial charge in [0, 0.05) is 9.77 Å². The smallest absolute Gasteiger partial charge is 0.166 e. The van der Waals surface area contributed by atoms with E-state index in [1.165, 1.54) is 0 Å². The van der Waals surface area contributed by atoms with E-state index in [0.717, 1.165) is 26.5 Å². The van der Waals surface area contributed by atoms with E-state index in [9.17, 15) is 4.79 Å². The van der Waals surface area contributed by atoms with Crippen molar-refractivity contribution in [1.82, 2.24) is 4.57 Å². The molecule has 1 aliphatic heterocycles. The first-order valence-electron chi connectivity index (χ1n) is 12.6. The molecule has 4 atom stereocenters. The molecule has 1 aromatic heterocycles. The number of carbonyl (C=O) groups excluding carboxylic acids is 1. The fraction of sp³-hybridized carbons (Fsp3) is 0.258. The molecule has 0 bridgehead atoms. The second kappa shape index (κ2) is 13.3. The zero-order valence-electron chi connectivity index (χ0n) is 20.9. The summed E-state index contributed by atoms with van der Waals surface area (Å²) in [6.45, 7) is 1.59. The van der Waals surface area contributed by atoms with Crippen molar-refractivity contribution in [1.29, 1.82) is 0 Å². The largest absolute Gasteiger partial charge is 0.374 e. The summed E-state index contributed by atoms with van der Waals surface area (Å²) in [7, 11) is 0. The van der Waals surface area contributed by atoms with Crippen molar-refractivity contribution in [3.63, 3.8) is 0 Å². The molecule has 0 amide bonds. The van der Waals surface area contributed by atoms with Gasteiger partial charge >= 0.3 is 0 Å². The van der Waals surface area contributed by atoms with Crippen molar-refractivity contribution in [3.8, 4) is 0 Å². The molecular weight excluding hydrogens is 593 g/mol. The molecule has 0 aliphatic carbocycles. The van der Waals surface area contributed by atoms with Gasteiger partial charge in [0.1, 0.15) is 18.3 Å². The summed E-state index contributed by atoms with van der Waals surface area (Å²) in [5.74, 6) is 0. The maximum absolute atomic E-state index is 11.9. The van der Waals surface area contributed by atoms with E-state index >= 15 is 0 Å². The molecule has 1 fully saturated rings.